The van der Waals surface area contributed by atoms with Crippen molar-refractivity contribution in [1.82, 2.24) is 5.32 Å². The molecular formula is C20H20ClNO3. The van der Waals surface area contributed by atoms with E-state index in [0.29, 0.717) is 23.4 Å². The van der Waals surface area contributed by atoms with E-state index in [-0.39, 0.29) is 12.4 Å². The molecule has 1 atom stereocenters. The largest absolute Gasteiger partial charge is 0.445 e. The zero-order chi connectivity index (χ0) is 17.7. The van der Waals surface area contributed by atoms with Gasteiger partial charge in [-0.2, -0.15) is 0 Å². The predicted octanol–water partition coefficient (Wildman–Crippen LogP) is 4.60. The van der Waals surface area contributed by atoms with Crippen LogP contribution >= 0.6 is 11.6 Å². The van der Waals surface area contributed by atoms with E-state index in [2.05, 4.69) is 5.32 Å². The van der Waals surface area contributed by atoms with Gasteiger partial charge in [0.1, 0.15) is 12.1 Å². The number of carbonyl (C=O) groups is 2. The highest BCUT2D eigenvalue weighted by Crippen LogP contribution is 2.38. The first kappa shape index (κ1) is 17.5. The lowest BCUT2D eigenvalue weighted by molar-refractivity contribution is -0.127. The minimum Gasteiger partial charge on any atom is -0.445 e. The highest BCUT2D eigenvalue weighted by molar-refractivity contribution is 6.31. The standard InChI is InChI=1S/C20H20ClNO3/c21-17-11-5-4-10-16(17)20(13-7-6-12-18(20)23)22-19(24)25-14-15-8-2-1-3-9-15/h1-5,8-11H,6-7,12-14H2,(H,22,24). The lowest BCUT2D eigenvalue weighted by Crippen LogP contribution is -2.53. The Balaban J connectivity index is 1.80. The molecule has 130 valence electrons. The maximum Gasteiger partial charge on any atom is 0.408 e. The van der Waals surface area contributed by atoms with Crippen molar-refractivity contribution in [2.24, 2.45) is 0 Å². The number of amides is 1. The van der Waals surface area contributed by atoms with Crippen molar-refractivity contribution in [3.8, 4) is 0 Å². The van der Waals surface area contributed by atoms with Gasteiger partial charge in [0, 0.05) is 17.0 Å². The fourth-order valence-electron chi connectivity index (χ4n) is 3.25. The number of carbonyl (C=O) groups excluding carboxylic acids is 2. The molecule has 4 nitrogen and oxygen atoms in total. The van der Waals surface area contributed by atoms with Crippen molar-refractivity contribution in [1.29, 1.82) is 0 Å². The lowest BCUT2D eigenvalue weighted by Gasteiger charge is -2.37. The Morgan fingerprint density at radius 1 is 1.08 bits per heavy atom. The quantitative estimate of drug-likeness (QED) is 0.869. The molecule has 0 heterocycles. The van der Waals surface area contributed by atoms with Crippen molar-refractivity contribution in [2.75, 3.05) is 0 Å². The van der Waals surface area contributed by atoms with Gasteiger partial charge >= 0.3 is 6.09 Å². The summed E-state index contributed by atoms with van der Waals surface area (Å²) in [5.74, 6) is -0.0245. The second-order valence-electron chi connectivity index (χ2n) is 6.20. The Morgan fingerprint density at radius 3 is 2.52 bits per heavy atom. The molecule has 2 aromatic carbocycles. The maximum atomic E-state index is 12.7. The van der Waals surface area contributed by atoms with E-state index in [1.54, 1.807) is 18.2 Å². The molecule has 1 aliphatic carbocycles. The van der Waals surface area contributed by atoms with Crippen LogP contribution in [0.3, 0.4) is 0 Å². The van der Waals surface area contributed by atoms with Gasteiger partial charge in [0.25, 0.3) is 0 Å². The molecule has 1 N–H and O–H groups in total. The smallest absolute Gasteiger partial charge is 0.408 e. The molecule has 1 saturated carbocycles. The number of halogens is 1. The fraction of sp³-hybridized carbons (Fsp3) is 0.300. The number of alkyl carbamates (subject to hydrolysis) is 1. The Hall–Kier alpha value is -2.33. The summed E-state index contributed by atoms with van der Waals surface area (Å²) in [5, 5.41) is 3.29. The third-order valence-electron chi connectivity index (χ3n) is 4.54. The monoisotopic (exact) mass is 357 g/mol. The molecular weight excluding hydrogens is 338 g/mol. The second-order valence-corrected chi connectivity index (χ2v) is 6.61. The Labute approximate surface area is 152 Å². The molecule has 0 aromatic heterocycles. The number of ketones is 1. The van der Waals surface area contributed by atoms with Gasteiger partial charge in [0.2, 0.25) is 0 Å². The molecule has 0 bridgehead atoms. The van der Waals surface area contributed by atoms with Crippen LogP contribution in [0.2, 0.25) is 5.02 Å². The minimum atomic E-state index is -1.11. The summed E-state index contributed by atoms with van der Waals surface area (Å²) in [6, 6.07) is 16.6. The number of nitrogens with one attached hydrogen (secondary N) is 1. The summed E-state index contributed by atoms with van der Waals surface area (Å²) in [4.78, 5) is 25.1. The fourth-order valence-corrected chi connectivity index (χ4v) is 3.55. The molecule has 2 aromatic rings. The van der Waals surface area contributed by atoms with Gasteiger partial charge in [-0.05, 0) is 30.9 Å². The van der Waals surface area contributed by atoms with Crippen LogP contribution in [0, 0.1) is 0 Å². The lowest BCUT2D eigenvalue weighted by atomic mass is 9.75. The van der Waals surface area contributed by atoms with E-state index in [1.807, 2.05) is 36.4 Å². The molecule has 5 heteroatoms. The first-order valence-electron chi connectivity index (χ1n) is 8.39. The van der Waals surface area contributed by atoms with Crippen LogP contribution in [0.5, 0.6) is 0 Å². The number of benzene rings is 2. The molecule has 1 unspecified atom stereocenters. The van der Waals surface area contributed by atoms with Crippen LogP contribution in [0.15, 0.2) is 54.6 Å². The van der Waals surface area contributed by atoms with E-state index in [1.165, 1.54) is 0 Å². The van der Waals surface area contributed by atoms with Crippen molar-refractivity contribution in [3.05, 3.63) is 70.7 Å². The normalized spacial score (nSPS) is 20.1. The number of ether oxygens (including phenoxy) is 1. The number of Topliss-reactive ketones (excluding diaryl/α,β-unsaturated/α-hetero) is 1. The summed E-state index contributed by atoms with van der Waals surface area (Å²) < 4.78 is 5.32. The van der Waals surface area contributed by atoms with E-state index in [9.17, 15) is 9.59 Å². The van der Waals surface area contributed by atoms with Gasteiger partial charge in [0.05, 0.1) is 0 Å². The van der Waals surface area contributed by atoms with Crippen LogP contribution in [0.25, 0.3) is 0 Å². The van der Waals surface area contributed by atoms with E-state index in [0.717, 1.165) is 18.4 Å². The Morgan fingerprint density at radius 2 is 1.80 bits per heavy atom. The molecule has 1 fully saturated rings. The summed E-state index contributed by atoms with van der Waals surface area (Å²) in [6.07, 6.45) is 2.00. The van der Waals surface area contributed by atoms with Gasteiger partial charge in [-0.3, -0.25) is 4.79 Å². The molecule has 0 aliphatic heterocycles. The van der Waals surface area contributed by atoms with Gasteiger partial charge in [-0.1, -0.05) is 60.1 Å². The first-order valence-corrected chi connectivity index (χ1v) is 8.77. The maximum absolute atomic E-state index is 12.7. The highest BCUT2D eigenvalue weighted by Gasteiger charge is 2.44. The molecule has 3 rings (SSSR count). The van der Waals surface area contributed by atoms with E-state index >= 15 is 0 Å². The second kappa shape index (κ2) is 7.70. The topological polar surface area (TPSA) is 55.4 Å². The van der Waals surface area contributed by atoms with Crippen molar-refractivity contribution in [3.63, 3.8) is 0 Å². The van der Waals surface area contributed by atoms with Crippen LogP contribution in [0.4, 0.5) is 4.79 Å². The summed E-state index contributed by atoms with van der Waals surface area (Å²) in [5.41, 5.74) is 0.419. The number of hydrogen-bond donors (Lipinski definition) is 1. The zero-order valence-electron chi connectivity index (χ0n) is 13.8. The SMILES string of the molecule is O=C(NC1(c2ccccc2Cl)CCCCC1=O)OCc1ccccc1. The van der Waals surface area contributed by atoms with Crippen LogP contribution in [-0.4, -0.2) is 11.9 Å². The molecule has 0 saturated heterocycles. The van der Waals surface area contributed by atoms with Crippen molar-refractivity contribution >= 4 is 23.5 Å². The molecule has 1 aliphatic rings. The summed E-state index contributed by atoms with van der Waals surface area (Å²) >= 11 is 6.32. The van der Waals surface area contributed by atoms with Crippen LogP contribution in [-0.2, 0) is 21.7 Å². The van der Waals surface area contributed by atoms with Crippen LogP contribution in [0.1, 0.15) is 36.8 Å². The van der Waals surface area contributed by atoms with Gasteiger partial charge in [-0.15, -0.1) is 0 Å². The Kier molecular flexibility index (Phi) is 5.39. The number of rotatable bonds is 4. The Bertz CT molecular complexity index is 763. The zero-order valence-corrected chi connectivity index (χ0v) is 14.6. The highest BCUT2D eigenvalue weighted by atomic mass is 35.5. The van der Waals surface area contributed by atoms with Crippen molar-refractivity contribution < 1.29 is 14.3 Å². The molecule has 25 heavy (non-hydrogen) atoms. The van der Waals surface area contributed by atoms with Gasteiger partial charge in [-0.25, -0.2) is 4.79 Å². The number of hydrogen-bond acceptors (Lipinski definition) is 3. The van der Waals surface area contributed by atoms with Crippen LogP contribution < -0.4 is 5.32 Å². The third kappa shape index (κ3) is 3.85. The summed E-state index contributed by atoms with van der Waals surface area (Å²) in [6.45, 7) is 0.152. The molecule has 0 radical (unpaired) electrons. The van der Waals surface area contributed by atoms with Crippen molar-refractivity contribution in [2.45, 2.75) is 37.8 Å². The first-order chi connectivity index (χ1) is 12.1. The van der Waals surface area contributed by atoms with E-state index < -0.39 is 11.6 Å². The van der Waals surface area contributed by atoms with E-state index in [4.69, 9.17) is 16.3 Å². The minimum absolute atomic E-state index is 0.0245. The average Bonchev–Trinajstić information content (AvgIpc) is 2.63. The molecule has 0 spiro atoms. The predicted molar refractivity (Wildman–Crippen MR) is 96.4 cm³/mol. The van der Waals surface area contributed by atoms with Gasteiger partial charge < -0.3 is 10.1 Å². The average molecular weight is 358 g/mol. The third-order valence-corrected chi connectivity index (χ3v) is 4.87. The molecule has 1 amide bonds. The van der Waals surface area contributed by atoms with Gasteiger partial charge in [0.15, 0.2) is 5.78 Å². The summed E-state index contributed by atoms with van der Waals surface area (Å²) in [7, 11) is 0.